The Balaban J connectivity index is 1.11. The minimum Gasteiger partial charge on any atom is -0.497 e. The molecular formula is C42H49N5O8S. The zero-order chi connectivity index (χ0) is 39.7. The number of ether oxygens (including phenoxy) is 2. The van der Waals surface area contributed by atoms with Crippen molar-refractivity contribution in [3.8, 4) is 22.8 Å². The summed E-state index contributed by atoms with van der Waals surface area (Å²) in [4.78, 5) is 62.7. The second kappa shape index (κ2) is 13.9. The second-order valence-electron chi connectivity index (χ2n) is 17.2. The zero-order valence-electron chi connectivity index (χ0n) is 32.1. The molecule has 2 heterocycles. The van der Waals surface area contributed by atoms with Crippen LogP contribution in [0.5, 0.6) is 11.5 Å². The molecule has 14 heteroatoms. The van der Waals surface area contributed by atoms with Crippen molar-refractivity contribution in [1.82, 2.24) is 25.2 Å². The van der Waals surface area contributed by atoms with Crippen LogP contribution in [0.25, 0.3) is 22.2 Å². The third kappa shape index (κ3) is 6.90. The van der Waals surface area contributed by atoms with Gasteiger partial charge in [-0.3, -0.25) is 23.9 Å². The first-order chi connectivity index (χ1) is 26.6. The van der Waals surface area contributed by atoms with Gasteiger partial charge in [0, 0.05) is 41.3 Å². The lowest BCUT2D eigenvalue weighted by molar-refractivity contribution is -0.157. The van der Waals surface area contributed by atoms with E-state index in [0.717, 1.165) is 18.4 Å². The number of sulfonamides is 1. The molecule has 1 saturated heterocycles. The highest BCUT2D eigenvalue weighted by Crippen LogP contribution is 2.58. The molecule has 2 aromatic carbocycles. The van der Waals surface area contributed by atoms with Gasteiger partial charge in [0.05, 0.1) is 30.1 Å². The van der Waals surface area contributed by atoms with E-state index in [1.807, 2.05) is 75.4 Å². The Bertz CT molecular complexity index is 2210. The number of nitrogens with zero attached hydrogens (tertiary/aromatic N) is 2. The third-order valence-electron chi connectivity index (χ3n) is 12.4. The van der Waals surface area contributed by atoms with E-state index >= 15 is 0 Å². The van der Waals surface area contributed by atoms with Crippen molar-refractivity contribution in [2.45, 2.75) is 88.3 Å². The van der Waals surface area contributed by atoms with E-state index in [1.165, 1.54) is 11.0 Å². The van der Waals surface area contributed by atoms with Crippen molar-refractivity contribution in [3.63, 3.8) is 0 Å². The molecule has 0 spiro atoms. The number of benzene rings is 2. The van der Waals surface area contributed by atoms with Crippen molar-refractivity contribution in [2.75, 3.05) is 13.7 Å². The van der Waals surface area contributed by atoms with E-state index < -0.39 is 68.1 Å². The summed E-state index contributed by atoms with van der Waals surface area (Å²) < 4.78 is 40.0. The summed E-state index contributed by atoms with van der Waals surface area (Å²) in [7, 11) is -2.32. The lowest BCUT2D eigenvalue weighted by Crippen LogP contribution is -2.63. The SMILES string of the molecule is C=C[C@@H]1C[C@]1(NC(=O)C1C[C@@H](Oc2cc(-c3ccccc3)nc3cc(OC)ccc23)CN1C(=O)[C@@H](NC(=O)C1C2CC1C2)C(C)(C)C)C(=O)NS(=O)(=O)C1CC1. The third-order valence-corrected chi connectivity index (χ3v) is 14.2. The zero-order valence-corrected chi connectivity index (χ0v) is 32.9. The van der Waals surface area contributed by atoms with Crippen molar-refractivity contribution in [2.24, 2.45) is 29.1 Å². The molecule has 6 aliphatic rings. The number of methoxy groups -OCH3 is 1. The highest BCUT2D eigenvalue weighted by molar-refractivity contribution is 7.91. The number of likely N-dealkylation sites (tertiary alicyclic amines) is 1. The van der Waals surface area contributed by atoms with Gasteiger partial charge < -0.3 is 25.0 Å². The average Bonchev–Trinajstić information content (AvgIpc) is 4.05. The van der Waals surface area contributed by atoms with Crippen molar-refractivity contribution >= 4 is 44.6 Å². The van der Waals surface area contributed by atoms with E-state index in [0.29, 0.717) is 52.8 Å². The maximum atomic E-state index is 14.8. The van der Waals surface area contributed by atoms with Gasteiger partial charge in [-0.1, -0.05) is 57.2 Å². The lowest BCUT2D eigenvalue weighted by atomic mass is 9.48. The van der Waals surface area contributed by atoms with Crippen LogP contribution in [0, 0.1) is 29.1 Å². The van der Waals surface area contributed by atoms with Crippen LogP contribution >= 0.6 is 0 Å². The van der Waals surface area contributed by atoms with Gasteiger partial charge in [0.15, 0.2) is 0 Å². The standard InChI is InChI=1S/C42H49N5O8S/c1-6-26-21-42(26,40(51)46-56(52,53)29-13-14-29)45-37(48)33-19-28(22-47(33)39(50)36(41(2,3)4)44-38(49)35-24-16-25(35)17-24)55-34-20-31(23-10-8-7-9-11-23)43-32-18-27(54-5)12-15-30(32)34/h6-12,15,18,20,24-26,28-29,33,35-36H,1,13-14,16-17,19,21-22H2,2-5H3,(H,44,49)(H,45,48)(H,46,51)/t24?,25?,26-,28-,33?,35?,36-,42-/m1/s1. The van der Waals surface area contributed by atoms with Crippen molar-refractivity contribution in [1.29, 1.82) is 0 Å². The fourth-order valence-electron chi connectivity index (χ4n) is 8.50. The molecule has 3 N–H and O–H groups in total. The highest BCUT2D eigenvalue weighted by Gasteiger charge is 2.62. The average molecular weight is 784 g/mol. The number of aromatic nitrogens is 1. The Hall–Kier alpha value is -4.98. The molecule has 5 saturated carbocycles. The first-order valence-corrected chi connectivity index (χ1v) is 21.0. The Kier molecular flexibility index (Phi) is 9.41. The summed E-state index contributed by atoms with van der Waals surface area (Å²) in [5.74, 6) is -0.843. The number of amides is 4. The van der Waals surface area contributed by atoms with Crippen LogP contribution in [0.2, 0.25) is 0 Å². The maximum Gasteiger partial charge on any atom is 0.259 e. The van der Waals surface area contributed by atoms with Crippen molar-refractivity contribution in [3.05, 3.63) is 67.3 Å². The van der Waals surface area contributed by atoms with Crippen LogP contribution in [0.4, 0.5) is 0 Å². The molecule has 1 aliphatic heterocycles. The number of hydrogen-bond donors (Lipinski definition) is 3. The number of rotatable bonds is 13. The van der Waals surface area contributed by atoms with Gasteiger partial charge in [0.1, 0.15) is 35.2 Å². The molecule has 6 fully saturated rings. The molecule has 0 radical (unpaired) electrons. The van der Waals surface area contributed by atoms with Crippen LogP contribution in [0.15, 0.2) is 67.3 Å². The highest BCUT2D eigenvalue weighted by atomic mass is 32.2. The summed E-state index contributed by atoms with van der Waals surface area (Å²) in [6.07, 6.45) is 4.06. The number of hydrogen-bond acceptors (Lipinski definition) is 9. The Morgan fingerprint density at radius 3 is 2.30 bits per heavy atom. The summed E-state index contributed by atoms with van der Waals surface area (Å²) >= 11 is 0. The van der Waals surface area contributed by atoms with Gasteiger partial charge in [0.2, 0.25) is 27.7 Å². The fourth-order valence-corrected chi connectivity index (χ4v) is 9.86. The Morgan fingerprint density at radius 2 is 1.71 bits per heavy atom. The minimum absolute atomic E-state index is 0.00876. The topological polar surface area (TPSA) is 173 Å². The fraction of sp³-hybridized carbons (Fsp3) is 0.500. The molecule has 1 aromatic heterocycles. The van der Waals surface area contributed by atoms with Crippen LogP contribution < -0.4 is 24.8 Å². The summed E-state index contributed by atoms with van der Waals surface area (Å²) in [5, 5.41) is 5.97. The quantitative estimate of drug-likeness (QED) is 0.216. The predicted molar refractivity (Wildman–Crippen MR) is 209 cm³/mol. The van der Waals surface area contributed by atoms with Crippen LogP contribution in [-0.2, 0) is 29.2 Å². The molecule has 3 aromatic rings. The van der Waals surface area contributed by atoms with Crippen molar-refractivity contribution < 1.29 is 37.1 Å². The molecule has 4 amide bonds. The number of carbonyl (C=O) groups excluding carboxylic acids is 4. The van der Waals surface area contributed by atoms with Gasteiger partial charge in [-0.2, -0.15) is 0 Å². The molecule has 5 aliphatic carbocycles. The van der Waals surface area contributed by atoms with E-state index in [2.05, 4.69) is 21.9 Å². The lowest BCUT2D eigenvalue weighted by Gasteiger charge is -2.57. The smallest absolute Gasteiger partial charge is 0.259 e. The van der Waals surface area contributed by atoms with Crippen LogP contribution in [0.1, 0.15) is 59.3 Å². The van der Waals surface area contributed by atoms with Gasteiger partial charge in [0.25, 0.3) is 5.91 Å². The van der Waals surface area contributed by atoms with E-state index in [9.17, 15) is 27.6 Å². The van der Waals surface area contributed by atoms with Gasteiger partial charge in [-0.15, -0.1) is 6.58 Å². The first-order valence-electron chi connectivity index (χ1n) is 19.4. The molecule has 296 valence electrons. The Labute approximate surface area is 327 Å². The molecule has 1 unspecified atom stereocenters. The number of fused-ring (bicyclic) bond motifs is 1. The van der Waals surface area contributed by atoms with E-state index in [-0.39, 0.29) is 31.2 Å². The van der Waals surface area contributed by atoms with E-state index in [4.69, 9.17) is 14.5 Å². The Morgan fingerprint density at radius 1 is 1.00 bits per heavy atom. The molecule has 2 bridgehead atoms. The van der Waals surface area contributed by atoms with Gasteiger partial charge in [-0.05, 0) is 61.5 Å². The summed E-state index contributed by atoms with van der Waals surface area (Å²) in [6, 6.07) is 14.9. The van der Waals surface area contributed by atoms with E-state index in [1.54, 1.807) is 7.11 Å². The molecule has 13 nitrogen and oxygen atoms in total. The molecule has 56 heavy (non-hydrogen) atoms. The predicted octanol–water partition coefficient (Wildman–Crippen LogP) is 4.11. The minimum atomic E-state index is -3.90. The van der Waals surface area contributed by atoms with Crippen LogP contribution in [-0.4, -0.2) is 84.6 Å². The van der Waals surface area contributed by atoms with Crippen LogP contribution in [0.3, 0.4) is 0 Å². The van der Waals surface area contributed by atoms with Gasteiger partial charge >= 0.3 is 0 Å². The normalized spacial score (nSPS) is 28.2. The molecule has 9 rings (SSSR count). The largest absolute Gasteiger partial charge is 0.497 e. The monoisotopic (exact) mass is 783 g/mol. The maximum absolute atomic E-state index is 14.8. The molecule has 5 atom stereocenters. The number of nitrogens with one attached hydrogen (secondary N) is 3. The number of pyridine rings is 1. The first kappa shape index (κ1) is 37.9. The summed E-state index contributed by atoms with van der Waals surface area (Å²) in [5.41, 5.74) is -0.103. The number of carbonyl (C=O) groups is 4. The second-order valence-corrected chi connectivity index (χ2v) is 19.2. The summed E-state index contributed by atoms with van der Waals surface area (Å²) in [6.45, 7) is 9.44. The molecular weight excluding hydrogens is 735 g/mol. The van der Waals surface area contributed by atoms with Gasteiger partial charge in [-0.25, -0.2) is 13.4 Å².